The lowest BCUT2D eigenvalue weighted by Crippen LogP contribution is -2.29. The van der Waals surface area contributed by atoms with Gasteiger partial charge in [0.05, 0.1) is 10.6 Å². The third-order valence-electron chi connectivity index (χ3n) is 2.67. The van der Waals surface area contributed by atoms with Crippen LogP contribution in [-0.2, 0) is 19.9 Å². The van der Waals surface area contributed by atoms with Crippen molar-refractivity contribution in [3.8, 4) is 5.75 Å². The second-order valence-electron chi connectivity index (χ2n) is 4.24. The number of nitrogens with two attached hydrogens (primary N) is 1. The largest absolute Gasteiger partial charge is 0.493 e. The van der Waals surface area contributed by atoms with Crippen molar-refractivity contribution in [3.05, 3.63) is 24.3 Å². The van der Waals surface area contributed by atoms with Gasteiger partial charge in [0.15, 0.2) is 9.84 Å². The number of sulfone groups is 1. The van der Waals surface area contributed by atoms with Crippen molar-refractivity contribution in [2.45, 2.75) is 11.8 Å². The van der Waals surface area contributed by atoms with E-state index in [1.165, 1.54) is 24.3 Å². The molecule has 0 saturated carbocycles. The molecule has 0 saturated heterocycles. The van der Waals surface area contributed by atoms with E-state index in [2.05, 4.69) is 4.72 Å². The van der Waals surface area contributed by atoms with E-state index >= 15 is 0 Å². The fourth-order valence-corrected chi connectivity index (χ4v) is 3.10. The fraction of sp³-hybridized carbons (Fsp3) is 0.500. The molecule has 1 aromatic carbocycles. The fourth-order valence-electron chi connectivity index (χ4n) is 1.42. The Morgan fingerprint density at radius 3 is 2.23 bits per heavy atom. The Morgan fingerprint density at radius 2 is 1.73 bits per heavy atom. The van der Waals surface area contributed by atoms with Crippen LogP contribution >= 0.6 is 12.4 Å². The van der Waals surface area contributed by atoms with E-state index in [1.54, 1.807) is 6.92 Å². The van der Waals surface area contributed by atoms with Gasteiger partial charge in [0.1, 0.15) is 12.4 Å². The van der Waals surface area contributed by atoms with Gasteiger partial charge < -0.3 is 10.5 Å². The molecular formula is C12H21ClN2O5S2. The lowest BCUT2D eigenvalue weighted by Gasteiger charge is -2.08. The van der Waals surface area contributed by atoms with E-state index in [-0.39, 0.29) is 48.5 Å². The highest BCUT2D eigenvalue weighted by atomic mass is 35.5. The van der Waals surface area contributed by atoms with Crippen molar-refractivity contribution in [2.75, 3.05) is 31.2 Å². The third-order valence-corrected chi connectivity index (χ3v) is 5.82. The van der Waals surface area contributed by atoms with Crippen LogP contribution in [0.15, 0.2) is 29.2 Å². The molecule has 0 aromatic heterocycles. The molecule has 22 heavy (non-hydrogen) atoms. The molecule has 0 atom stereocenters. The second kappa shape index (κ2) is 9.31. The first-order chi connectivity index (χ1) is 9.80. The second-order valence-corrected chi connectivity index (χ2v) is 8.48. The molecule has 0 unspecified atom stereocenters. The maximum atomic E-state index is 11.8. The van der Waals surface area contributed by atoms with Crippen molar-refractivity contribution in [1.29, 1.82) is 0 Å². The molecule has 1 rings (SSSR count). The highest BCUT2D eigenvalue weighted by molar-refractivity contribution is 7.91. The van der Waals surface area contributed by atoms with E-state index in [4.69, 9.17) is 10.5 Å². The maximum absolute atomic E-state index is 11.8. The van der Waals surface area contributed by atoms with Crippen LogP contribution in [0.1, 0.15) is 6.92 Å². The van der Waals surface area contributed by atoms with Gasteiger partial charge in [0.2, 0.25) is 10.0 Å². The molecule has 0 fully saturated rings. The lowest BCUT2D eigenvalue weighted by molar-refractivity contribution is 0.340. The average molecular weight is 373 g/mol. The van der Waals surface area contributed by atoms with Crippen LogP contribution in [0.5, 0.6) is 5.75 Å². The Bertz CT molecular complexity index is 645. The number of ether oxygens (including phenoxy) is 1. The van der Waals surface area contributed by atoms with E-state index < -0.39 is 19.9 Å². The molecule has 0 radical (unpaired) electrons. The highest BCUT2D eigenvalue weighted by Crippen LogP contribution is 2.15. The van der Waals surface area contributed by atoms with E-state index in [0.717, 1.165) is 0 Å². The van der Waals surface area contributed by atoms with Crippen molar-refractivity contribution >= 4 is 32.3 Å². The first-order valence-corrected chi connectivity index (χ1v) is 9.74. The Balaban J connectivity index is 0.00000441. The molecular weight excluding hydrogens is 352 g/mol. The number of hydrogen-bond acceptors (Lipinski definition) is 6. The lowest BCUT2D eigenvalue weighted by atomic mass is 10.3. The van der Waals surface area contributed by atoms with Crippen LogP contribution in [0.3, 0.4) is 0 Å². The first kappa shape index (κ1) is 21.1. The minimum atomic E-state index is -3.57. The molecule has 0 amide bonds. The van der Waals surface area contributed by atoms with Gasteiger partial charge in [-0.2, -0.15) is 0 Å². The zero-order chi connectivity index (χ0) is 15.9. The summed E-state index contributed by atoms with van der Waals surface area (Å²) >= 11 is 0. The molecule has 0 aliphatic rings. The van der Waals surface area contributed by atoms with Crippen LogP contribution in [0.2, 0.25) is 0 Å². The summed E-state index contributed by atoms with van der Waals surface area (Å²) in [6.07, 6.45) is 0. The number of hydrogen-bond donors (Lipinski definition) is 2. The van der Waals surface area contributed by atoms with Crippen LogP contribution < -0.4 is 15.2 Å². The standard InChI is InChI=1S/C12H20N2O5S2.ClH/c1-2-20(15,16)10-9-19-11-3-5-12(6-4-11)21(17,18)14-8-7-13;/h3-6,14H,2,7-10,13H2,1H3;1H. The molecule has 0 heterocycles. The normalized spacial score (nSPS) is 11.7. The molecule has 0 spiro atoms. The van der Waals surface area contributed by atoms with Crippen molar-refractivity contribution in [1.82, 2.24) is 4.72 Å². The summed E-state index contributed by atoms with van der Waals surface area (Å²) in [5, 5.41) is 0. The molecule has 10 heteroatoms. The number of sulfonamides is 1. The van der Waals surface area contributed by atoms with Crippen LogP contribution in [0.25, 0.3) is 0 Å². The molecule has 7 nitrogen and oxygen atoms in total. The molecule has 3 N–H and O–H groups in total. The zero-order valence-electron chi connectivity index (χ0n) is 12.2. The van der Waals surface area contributed by atoms with Crippen molar-refractivity contribution in [2.24, 2.45) is 5.73 Å². The Kier molecular flexibility index (Phi) is 8.94. The maximum Gasteiger partial charge on any atom is 0.240 e. The summed E-state index contributed by atoms with van der Waals surface area (Å²) in [5.74, 6) is 0.418. The van der Waals surface area contributed by atoms with Gasteiger partial charge in [-0.1, -0.05) is 6.92 Å². The van der Waals surface area contributed by atoms with Gasteiger partial charge >= 0.3 is 0 Å². The third kappa shape index (κ3) is 6.93. The van der Waals surface area contributed by atoms with Gasteiger partial charge in [-0.15, -0.1) is 12.4 Å². The molecule has 0 aliphatic carbocycles. The number of nitrogens with one attached hydrogen (secondary N) is 1. The summed E-state index contributed by atoms with van der Waals surface area (Å²) in [4.78, 5) is 0.101. The van der Waals surface area contributed by atoms with Crippen LogP contribution in [0.4, 0.5) is 0 Å². The topological polar surface area (TPSA) is 116 Å². The van der Waals surface area contributed by atoms with Gasteiger partial charge in [-0.05, 0) is 24.3 Å². The summed E-state index contributed by atoms with van der Waals surface area (Å²) in [6.45, 7) is 1.98. The van der Waals surface area contributed by atoms with E-state index in [9.17, 15) is 16.8 Å². The monoisotopic (exact) mass is 372 g/mol. The summed E-state index contributed by atoms with van der Waals surface area (Å²) in [5.41, 5.74) is 5.24. The zero-order valence-corrected chi connectivity index (χ0v) is 14.6. The Morgan fingerprint density at radius 1 is 1.14 bits per heavy atom. The molecule has 1 aromatic rings. The minimum Gasteiger partial charge on any atom is -0.493 e. The highest BCUT2D eigenvalue weighted by Gasteiger charge is 2.13. The van der Waals surface area contributed by atoms with Gasteiger partial charge in [0.25, 0.3) is 0 Å². The van der Waals surface area contributed by atoms with Gasteiger partial charge in [-0.25, -0.2) is 21.6 Å². The molecule has 0 aliphatic heterocycles. The van der Waals surface area contributed by atoms with Crippen molar-refractivity contribution < 1.29 is 21.6 Å². The summed E-state index contributed by atoms with van der Waals surface area (Å²) < 4.78 is 53.8. The van der Waals surface area contributed by atoms with Crippen LogP contribution in [-0.4, -0.2) is 48.0 Å². The number of halogens is 1. The first-order valence-electron chi connectivity index (χ1n) is 6.44. The Labute approximate surface area is 137 Å². The SMILES string of the molecule is CCS(=O)(=O)CCOc1ccc(S(=O)(=O)NCCN)cc1.Cl. The predicted molar refractivity (Wildman–Crippen MR) is 87.8 cm³/mol. The molecule has 128 valence electrons. The van der Waals surface area contributed by atoms with Gasteiger partial charge in [-0.3, -0.25) is 0 Å². The smallest absolute Gasteiger partial charge is 0.240 e. The molecule has 0 bridgehead atoms. The van der Waals surface area contributed by atoms with Crippen LogP contribution in [0, 0.1) is 0 Å². The number of rotatable bonds is 9. The summed E-state index contributed by atoms with van der Waals surface area (Å²) in [6, 6.07) is 5.75. The minimum absolute atomic E-state index is 0. The predicted octanol–water partition coefficient (Wildman–Crippen LogP) is 0.159. The Hall–Kier alpha value is -0.870. The average Bonchev–Trinajstić information content (AvgIpc) is 2.45. The van der Waals surface area contributed by atoms with Gasteiger partial charge in [0, 0.05) is 18.8 Å². The van der Waals surface area contributed by atoms with E-state index in [0.29, 0.717) is 5.75 Å². The van der Waals surface area contributed by atoms with Crippen molar-refractivity contribution in [3.63, 3.8) is 0 Å². The summed E-state index contributed by atoms with van der Waals surface area (Å²) in [7, 11) is -6.64. The quantitative estimate of drug-likeness (QED) is 0.637. The number of benzene rings is 1. The van der Waals surface area contributed by atoms with E-state index in [1.807, 2.05) is 0 Å².